The topological polar surface area (TPSA) is 278 Å². The van der Waals surface area contributed by atoms with Gasteiger partial charge in [0.2, 0.25) is 11.9 Å². The maximum absolute atomic E-state index is 14.4. The molecule has 16 nitrogen and oxygen atoms in total. The molecule has 0 radical (unpaired) electrons. The zero-order valence-corrected chi connectivity index (χ0v) is 32.4. The molecule has 1 saturated heterocycles. The third-order valence-corrected chi connectivity index (χ3v) is 9.90. The molecule has 1 aliphatic heterocycles. The summed E-state index contributed by atoms with van der Waals surface area (Å²) in [5.74, 6) is -4.83. The molecule has 0 amide bonds. The van der Waals surface area contributed by atoms with E-state index >= 15 is 0 Å². The largest absolute Gasteiger partial charge is 0.453 e. The fourth-order valence-electron chi connectivity index (χ4n) is 6.44. The molecule has 316 valence electrons. The highest BCUT2D eigenvalue weighted by atomic mass is 16.8. The van der Waals surface area contributed by atoms with Crippen LogP contribution >= 0.6 is 0 Å². The van der Waals surface area contributed by atoms with Crippen molar-refractivity contribution in [2.75, 3.05) is 6.61 Å². The van der Waals surface area contributed by atoms with Crippen LogP contribution in [0, 0.1) is 0 Å². The lowest BCUT2D eigenvalue weighted by molar-refractivity contribution is -0.378. The summed E-state index contributed by atoms with van der Waals surface area (Å²) in [4.78, 5) is 55.5. The molecule has 1 heterocycles. The second kappa shape index (κ2) is 25.3. The third kappa shape index (κ3) is 13.3. The number of carbonyl (C=O) groups is 4. The van der Waals surface area contributed by atoms with E-state index in [9.17, 15) is 65.1 Å². The molecular weight excluding hydrogens is 712 g/mol. The van der Waals surface area contributed by atoms with Gasteiger partial charge in [-0.15, -0.1) is 0 Å². The Morgan fingerprint density at radius 3 is 1.67 bits per heavy atom. The fourth-order valence-corrected chi connectivity index (χ4v) is 6.44. The molecule has 54 heavy (non-hydrogen) atoms. The second-order valence-corrected chi connectivity index (χ2v) is 14.2. The Hall–Kier alpha value is -1.96. The van der Waals surface area contributed by atoms with Crippen LogP contribution in [-0.2, 0) is 33.4 Å². The maximum Gasteiger partial charge on any atom is 0.306 e. The van der Waals surface area contributed by atoms with E-state index in [4.69, 9.17) is 15.6 Å². The zero-order chi connectivity index (χ0) is 41.9. The van der Waals surface area contributed by atoms with Crippen LogP contribution in [0.4, 0.5) is 0 Å². The molecule has 0 aromatic carbocycles. The monoisotopic (exact) mass is 781 g/mol. The first-order chi connectivity index (χ1) is 25.9. The van der Waals surface area contributed by atoms with Gasteiger partial charge in [-0.25, -0.2) is 0 Å². The van der Waals surface area contributed by atoms with E-state index in [-0.39, 0.29) is 32.1 Å². The minimum atomic E-state index is -3.56. The van der Waals surface area contributed by atoms with Gasteiger partial charge in [-0.3, -0.25) is 19.2 Å². The second-order valence-electron chi connectivity index (χ2n) is 14.2. The van der Waals surface area contributed by atoms with Gasteiger partial charge >= 0.3 is 5.97 Å². The van der Waals surface area contributed by atoms with Gasteiger partial charge in [0.25, 0.3) is 0 Å². The van der Waals surface area contributed by atoms with E-state index in [2.05, 4.69) is 0 Å². The van der Waals surface area contributed by atoms with Crippen molar-refractivity contribution in [3.63, 3.8) is 0 Å². The van der Waals surface area contributed by atoms with Gasteiger partial charge in [0, 0.05) is 27.0 Å². The minimum absolute atomic E-state index is 0.0345. The molecule has 16 heteroatoms. The number of ketones is 3. The number of esters is 1. The summed E-state index contributed by atoms with van der Waals surface area (Å²) in [6.07, 6.45) is -18.3. The number of aliphatic hydroxyl groups excluding tert-OH is 7. The minimum Gasteiger partial charge on any atom is -0.453 e. The Morgan fingerprint density at radius 1 is 0.667 bits per heavy atom. The van der Waals surface area contributed by atoms with E-state index < -0.39 is 116 Å². The third-order valence-electron chi connectivity index (χ3n) is 9.90. The summed E-state index contributed by atoms with van der Waals surface area (Å²) in [6.45, 7) is 6.40. The van der Waals surface area contributed by atoms with Crippen LogP contribution in [0.25, 0.3) is 0 Å². The summed E-state index contributed by atoms with van der Waals surface area (Å²) in [6, 6.07) is 0. The van der Waals surface area contributed by atoms with Crippen LogP contribution in [0.15, 0.2) is 0 Å². The van der Waals surface area contributed by atoms with E-state index in [0.717, 1.165) is 12.8 Å². The van der Waals surface area contributed by atoms with Crippen molar-refractivity contribution in [3.05, 3.63) is 0 Å². The standard InChI is InChI=1S/C38H68O16/c1-5-9-13-14-18-22-28(44)52-34-36(54-35(49)32(48)31(47)29(45)25(41)23-39)53-33(30(46)24(40)19-15-10-6-2)37(50,26(42)20-16-11-7-3)38(34,51)27(43)21-17-12-8-4/h25,29-36,39,41,45-51H,5-23H2,1-4H3/t25-,29-,30?,31+,32-,33-,34-,35?,36?,37-,38-/m1/s1/i22D/t22?,25-,29-,30?,31+,32-,33-,34-,35?,36?,37-,38-. The summed E-state index contributed by atoms with van der Waals surface area (Å²) >= 11 is 0. The van der Waals surface area contributed by atoms with Crippen LogP contribution in [0.1, 0.15) is 145 Å². The number of hydrogen-bond donors (Lipinski definition) is 9. The summed E-state index contributed by atoms with van der Waals surface area (Å²) in [5, 5.41) is 98.0. The van der Waals surface area contributed by atoms with Crippen LogP contribution in [0.2, 0.25) is 0 Å². The fraction of sp³-hybridized carbons (Fsp3) is 0.895. The Labute approximate surface area is 320 Å². The predicted molar refractivity (Wildman–Crippen MR) is 193 cm³/mol. The van der Waals surface area contributed by atoms with E-state index in [0.29, 0.717) is 51.4 Å². The van der Waals surface area contributed by atoms with Crippen molar-refractivity contribution < 1.29 is 80.7 Å². The van der Waals surface area contributed by atoms with Crippen molar-refractivity contribution in [2.45, 2.75) is 210 Å². The number of unbranched alkanes of at least 4 members (excludes halogenated alkanes) is 9. The molecule has 1 fully saturated rings. The molecular formula is C38H68O16. The van der Waals surface area contributed by atoms with Crippen molar-refractivity contribution >= 4 is 23.3 Å². The maximum atomic E-state index is 14.4. The molecule has 0 aromatic heterocycles. The molecule has 0 aliphatic carbocycles. The van der Waals surface area contributed by atoms with E-state index in [1.165, 1.54) is 0 Å². The molecule has 12 atom stereocenters. The lowest BCUT2D eigenvalue weighted by atomic mass is 9.64. The highest BCUT2D eigenvalue weighted by Crippen LogP contribution is 2.45. The molecule has 0 spiro atoms. The first kappa shape index (κ1) is 48.2. The number of Topliss-reactive ketones (excluding diaryl/α,β-unsaturated/α-hetero) is 3. The molecule has 1 aliphatic rings. The molecule has 0 bridgehead atoms. The normalized spacial score (nSPS) is 27.2. The van der Waals surface area contributed by atoms with Crippen molar-refractivity contribution in [1.29, 1.82) is 0 Å². The first-order valence-electron chi connectivity index (χ1n) is 20.2. The highest BCUT2D eigenvalue weighted by Gasteiger charge is 2.74. The van der Waals surface area contributed by atoms with Gasteiger partial charge in [0.15, 0.2) is 35.3 Å². The Kier molecular flexibility index (Phi) is 22.6. The highest BCUT2D eigenvalue weighted by molar-refractivity contribution is 6.01. The van der Waals surface area contributed by atoms with Gasteiger partial charge in [-0.05, 0) is 25.7 Å². The summed E-state index contributed by atoms with van der Waals surface area (Å²) in [5.41, 5.74) is -7.05. The van der Waals surface area contributed by atoms with Crippen molar-refractivity contribution in [3.8, 4) is 0 Å². The predicted octanol–water partition coefficient (Wildman–Crippen LogP) is 1.03. The van der Waals surface area contributed by atoms with E-state index in [1.807, 2.05) is 27.7 Å². The number of hydrogen-bond acceptors (Lipinski definition) is 16. The lowest BCUT2D eigenvalue weighted by Gasteiger charge is -2.55. The van der Waals surface area contributed by atoms with Gasteiger partial charge < -0.3 is 60.2 Å². The quantitative estimate of drug-likeness (QED) is 0.0280. The number of ether oxygens (including phenoxy) is 3. The first-order valence-corrected chi connectivity index (χ1v) is 19.6. The summed E-state index contributed by atoms with van der Waals surface area (Å²) < 4.78 is 25.2. The van der Waals surface area contributed by atoms with Crippen LogP contribution in [0.3, 0.4) is 0 Å². The van der Waals surface area contributed by atoms with E-state index in [1.54, 1.807) is 0 Å². The lowest BCUT2D eigenvalue weighted by Crippen LogP contribution is -2.82. The van der Waals surface area contributed by atoms with Crippen LogP contribution in [-0.4, -0.2) is 142 Å². The molecule has 9 N–H and O–H groups in total. The smallest absolute Gasteiger partial charge is 0.306 e. The van der Waals surface area contributed by atoms with Gasteiger partial charge in [0.05, 0.1) is 6.61 Å². The van der Waals surface area contributed by atoms with Crippen LogP contribution < -0.4 is 0 Å². The number of aliphatic hydroxyl groups is 9. The average molecular weight is 782 g/mol. The van der Waals surface area contributed by atoms with Gasteiger partial charge in [-0.2, -0.15) is 0 Å². The molecule has 0 saturated carbocycles. The average Bonchev–Trinajstić information content (AvgIpc) is 3.17. The van der Waals surface area contributed by atoms with Crippen molar-refractivity contribution in [2.24, 2.45) is 0 Å². The molecule has 1 rings (SSSR count). The Bertz CT molecular complexity index is 1160. The summed E-state index contributed by atoms with van der Waals surface area (Å²) in [7, 11) is 0. The zero-order valence-electron chi connectivity index (χ0n) is 33.4. The Morgan fingerprint density at radius 2 is 1.15 bits per heavy atom. The number of carbonyl (C=O) groups excluding carboxylic acids is 4. The Balaban J connectivity index is 4.05. The van der Waals surface area contributed by atoms with Gasteiger partial charge in [0.1, 0.15) is 36.6 Å². The number of rotatable bonds is 30. The van der Waals surface area contributed by atoms with Gasteiger partial charge in [-0.1, -0.05) is 91.9 Å². The SMILES string of the molecule is [2H]C(CCCCCC)C(=O)O[C@@H]1C(OC(O)[C@H](O)[C@@H](O)[C@H](O)[C@H](O)CO)O[C@H](C(O)C(=O)CCCCC)[C@](O)(C(=O)CCCCC)[C@@]1(O)C(=O)CCCCC. The molecule has 0 aromatic rings. The van der Waals surface area contributed by atoms with Crippen LogP contribution in [0.5, 0.6) is 0 Å². The molecule has 4 unspecified atom stereocenters. The van der Waals surface area contributed by atoms with Crippen molar-refractivity contribution in [1.82, 2.24) is 0 Å².